The van der Waals surface area contributed by atoms with Crippen molar-refractivity contribution in [2.45, 2.75) is 17.1 Å². The van der Waals surface area contributed by atoms with Gasteiger partial charge >= 0.3 is 6.18 Å². The second kappa shape index (κ2) is 6.20. The molecule has 2 rings (SSSR count). The van der Waals surface area contributed by atoms with Gasteiger partial charge in [-0.25, -0.2) is 23.8 Å². The Morgan fingerprint density at radius 2 is 2.17 bits per heavy atom. The summed E-state index contributed by atoms with van der Waals surface area (Å²) in [5, 5.41) is 1.01. The molecule has 1 N–H and O–H groups in total. The Kier molecular flexibility index (Phi) is 4.66. The maximum atomic E-state index is 12.9. The molecule has 23 heavy (non-hydrogen) atoms. The second-order valence-electron chi connectivity index (χ2n) is 4.71. The first-order valence-corrected chi connectivity index (χ1v) is 8.26. The molecule has 0 fully saturated rings. The molecule has 1 aliphatic rings. The Bertz CT molecular complexity index is 714. The molecule has 1 aromatic rings. The zero-order valence-corrected chi connectivity index (χ0v) is 12.9. The van der Waals surface area contributed by atoms with Gasteiger partial charge in [-0.1, -0.05) is 12.7 Å². The normalized spacial score (nSPS) is 18.7. The van der Waals surface area contributed by atoms with E-state index >= 15 is 0 Å². The number of anilines is 1. The molecule has 0 aliphatic carbocycles. The summed E-state index contributed by atoms with van der Waals surface area (Å²) in [7, 11) is -3.45. The molecule has 0 radical (unpaired) electrons. The minimum atomic E-state index is -4.51. The molecule has 0 saturated heterocycles. The van der Waals surface area contributed by atoms with Gasteiger partial charge in [-0.15, -0.1) is 0 Å². The summed E-state index contributed by atoms with van der Waals surface area (Å²) in [4.78, 5) is 3.84. The number of sulfone groups is 1. The Morgan fingerprint density at radius 3 is 2.65 bits per heavy atom. The lowest BCUT2D eigenvalue weighted by Gasteiger charge is -2.23. The standard InChI is InChI=1S/C13H14F3N3O3S/c1-3-6-22-12-7-10(13(14,15)16)18-19(12)11-5-4-9(8-17-11)23(2,20)21/h3-5,7-8,10,18H,1,6H2,2H3. The van der Waals surface area contributed by atoms with Crippen LogP contribution in [-0.4, -0.2) is 38.5 Å². The molecule has 1 unspecified atom stereocenters. The van der Waals surface area contributed by atoms with E-state index in [1.807, 2.05) is 0 Å². The average Bonchev–Trinajstić information content (AvgIpc) is 2.88. The number of ether oxygens (including phenoxy) is 1. The van der Waals surface area contributed by atoms with Crippen LogP contribution in [0.3, 0.4) is 0 Å². The summed E-state index contributed by atoms with van der Waals surface area (Å²) in [5.74, 6) is -0.0220. The van der Waals surface area contributed by atoms with Crippen LogP contribution in [0.1, 0.15) is 0 Å². The van der Waals surface area contributed by atoms with Gasteiger partial charge in [0.2, 0.25) is 5.88 Å². The SMILES string of the molecule is C=CCOC1=CC(C(F)(F)F)NN1c1ccc(S(C)(=O)=O)cn1. The zero-order chi connectivity index (χ0) is 17.3. The lowest BCUT2D eigenvalue weighted by atomic mass is 10.3. The number of pyridine rings is 1. The van der Waals surface area contributed by atoms with Crippen LogP contribution in [0, 0.1) is 0 Å². The van der Waals surface area contributed by atoms with Gasteiger partial charge in [0.15, 0.2) is 9.84 Å². The molecule has 126 valence electrons. The van der Waals surface area contributed by atoms with Gasteiger partial charge < -0.3 is 4.74 Å². The van der Waals surface area contributed by atoms with E-state index < -0.39 is 22.1 Å². The van der Waals surface area contributed by atoms with E-state index in [4.69, 9.17) is 4.74 Å². The van der Waals surface area contributed by atoms with Crippen LogP contribution < -0.4 is 10.4 Å². The molecule has 10 heteroatoms. The minimum Gasteiger partial charge on any atom is -0.474 e. The van der Waals surface area contributed by atoms with E-state index in [1.165, 1.54) is 18.2 Å². The van der Waals surface area contributed by atoms with Crippen molar-refractivity contribution in [3.63, 3.8) is 0 Å². The first kappa shape index (κ1) is 17.3. The van der Waals surface area contributed by atoms with E-state index in [0.717, 1.165) is 23.5 Å². The Morgan fingerprint density at radius 1 is 1.48 bits per heavy atom. The van der Waals surface area contributed by atoms with Gasteiger partial charge in [0.25, 0.3) is 0 Å². The van der Waals surface area contributed by atoms with Crippen LogP contribution in [0.2, 0.25) is 0 Å². The quantitative estimate of drug-likeness (QED) is 0.817. The molecular weight excluding hydrogens is 335 g/mol. The molecular formula is C13H14F3N3O3S. The lowest BCUT2D eigenvalue weighted by Crippen LogP contribution is -2.45. The summed E-state index contributed by atoms with van der Waals surface area (Å²) in [6.45, 7) is 3.44. The molecule has 0 aromatic carbocycles. The van der Waals surface area contributed by atoms with Gasteiger partial charge in [-0.2, -0.15) is 13.2 Å². The fourth-order valence-electron chi connectivity index (χ4n) is 1.78. The fourth-order valence-corrected chi connectivity index (χ4v) is 2.34. The van der Waals surface area contributed by atoms with Crippen molar-refractivity contribution >= 4 is 15.7 Å². The third-order valence-electron chi connectivity index (χ3n) is 2.88. The topological polar surface area (TPSA) is 71.5 Å². The van der Waals surface area contributed by atoms with Crippen molar-refractivity contribution in [1.29, 1.82) is 0 Å². The molecule has 1 aromatic heterocycles. The summed E-state index contributed by atoms with van der Waals surface area (Å²) in [5.41, 5.74) is 2.21. The molecule has 1 atom stereocenters. The highest BCUT2D eigenvalue weighted by molar-refractivity contribution is 7.90. The van der Waals surface area contributed by atoms with Crippen molar-refractivity contribution < 1.29 is 26.3 Å². The van der Waals surface area contributed by atoms with E-state index in [0.29, 0.717) is 0 Å². The second-order valence-corrected chi connectivity index (χ2v) is 6.73. The average molecular weight is 349 g/mol. The van der Waals surface area contributed by atoms with Gasteiger partial charge in [0.1, 0.15) is 18.5 Å². The highest BCUT2D eigenvalue weighted by atomic mass is 32.2. The van der Waals surface area contributed by atoms with E-state index in [2.05, 4.69) is 17.0 Å². The molecule has 1 aliphatic heterocycles. The van der Waals surface area contributed by atoms with Crippen LogP contribution >= 0.6 is 0 Å². The van der Waals surface area contributed by atoms with Crippen molar-refractivity contribution in [2.24, 2.45) is 0 Å². The highest BCUT2D eigenvalue weighted by Crippen LogP contribution is 2.30. The molecule has 0 bridgehead atoms. The number of hydrogen-bond acceptors (Lipinski definition) is 6. The van der Waals surface area contributed by atoms with Gasteiger partial charge in [-0.05, 0) is 12.1 Å². The van der Waals surface area contributed by atoms with Crippen LogP contribution in [0.4, 0.5) is 19.0 Å². The summed E-state index contributed by atoms with van der Waals surface area (Å²) in [6, 6.07) is 0.609. The number of hydrazine groups is 1. The van der Waals surface area contributed by atoms with E-state index in [9.17, 15) is 21.6 Å². The first-order valence-electron chi connectivity index (χ1n) is 6.37. The number of nitrogens with zero attached hydrogens (tertiary/aromatic N) is 2. The molecule has 0 amide bonds. The Balaban J connectivity index is 2.29. The van der Waals surface area contributed by atoms with Crippen molar-refractivity contribution in [3.05, 3.63) is 42.9 Å². The van der Waals surface area contributed by atoms with E-state index in [-0.39, 0.29) is 23.2 Å². The van der Waals surface area contributed by atoms with Gasteiger partial charge in [0.05, 0.1) is 4.90 Å². The number of alkyl halides is 3. The zero-order valence-electron chi connectivity index (χ0n) is 12.0. The number of aromatic nitrogens is 1. The monoisotopic (exact) mass is 349 g/mol. The Hall–Kier alpha value is -2.07. The number of halogens is 3. The Labute approximate surface area is 131 Å². The van der Waals surface area contributed by atoms with Crippen molar-refractivity contribution in [2.75, 3.05) is 17.9 Å². The van der Waals surface area contributed by atoms with E-state index in [1.54, 1.807) is 0 Å². The van der Waals surface area contributed by atoms with Gasteiger partial charge in [0, 0.05) is 18.5 Å². The van der Waals surface area contributed by atoms with Crippen molar-refractivity contribution in [1.82, 2.24) is 10.4 Å². The first-order chi connectivity index (χ1) is 10.6. The van der Waals surface area contributed by atoms with Crippen molar-refractivity contribution in [3.8, 4) is 0 Å². The number of rotatable bonds is 5. The molecule has 6 nitrogen and oxygen atoms in total. The third kappa shape index (κ3) is 4.02. The molecule has 0 saturated carbocycles. The smallest absolute Gasteiger partial charge is 0.409 e. The predicted molar refractivity (Wildman–Crippen MR) is 77.0 cm³/mol. The maximum absolute atomic E-state index is 12.9. The number of hydrogen-bond donors (Lipinski definition) is 1. The van der Waals surface area contributed by atoms with Crippen LogP contribution in [0.25, 0.3) is 0 Å². The molecule has 0 spiro atoms. The van der Waals surface area contributed by atoms with Gasteiger partial charge in [-0.3, -0.25) is 0 Å². The summed E-state index contributed by atoms with van der Waals surface area (Å²) in [6.07, 6.45) is -0.172. The van der Waals surface area contributed by atoms with Crippen LogP contribution in [-0.2, 0) is 14.6 Å². The molecule has 2 heterocycles. The maximum Gasteiger partial charge on any atom is 0.409 e. The lowest BCUT2D eigenvalue weighted by molar-refractivity contribution is -0.142. The summed E-state index contributed by atoms with van der Waals surface area (Å²) >= 11 is 0. The fraction of sp³-hybridized carbons (Fsp3) is 0.308. The highest BCUT2D eigenvalue weighted by Gasteiger charge is 2.44. The third-order valence-corrected chi connectivity index (χ3v) is 3.98. The largest absolute Gasteiger partial charge is 0.474 e. The number of nitrogens with one attached hydrogen (secondary N) is 1. The predicted octanol–water partition coefficient (Wildman–Crippen LogP) is 1.78. The van der Waals surface area contributed by atoms with Crippen LogP contribution in [0.5, 0.6) is 0 Å². The summed E-state index contributed by atoms with van der Waals surface area (Å²) < 4.78 is 66.5. The van der Waals surface area contributed by atoms with Crippen LogP contribution in [0.15, 0.2) is 47.8 Å². The minimum absolute atomic E-state index is 0.00993.